The van der Waals surface area contributed by atoms with Crippen LogP contribution in [0.15, 0.2) is 6.07 Å². The molecule has 2 aromatic heterocycles. The molecule has 0 bridgehead atoms. The monoisotopic (exact) mass is 401 g/mol. The number of halogens is 1. The summed E-state index contributed by atoms with van der Waals surface area (Å²) in [5.74, 6) is 2.35. The van der Waals surface area contributed by atoms with Crippen molar-refractivity contribution in [1.82, 2.24) is 9.97 Å². The van der Waals surface area contributed by atoms with Gasteiger partial charge < -0.3 is 5.32 Å². The van der Waals surface area contributed by atoms with Crippen molar-refractivity contribution in [3.05, 3.63) is 25.1 Å². The van der Waals surface area contributed by atoms with Crippen LogP contribution in [0.2, 0.25) is 0 Å². The van der Waals surface area contributed by atoms with E-state index >= 15 is 0 Å². The standard InChI is InChI=1S/C15H20IN3S/c1-8(2)6-12-13(16)15(17-5)19-14(18-12)11-7-9(3)20-10(11)4/h7-8H,6H2,1-5H3,(H,17,18,19). The van der Waals surface area contributed by atoms with Gasteiger partial charge in [-0.25, -0.2) is 9.97 Å². The molecule has 0 aliphatic carbocycles. The Bertz CT molecular complexity index is 620. The molecule has 0 amide bonds. The average molecular weight is 401 g/mol. The Morgan fingerprint density at radius 1 is 1.30 bits per heavy atom. The number of aromatic nitrogens is 2. The second-order valence-corrected chi connectivity index (χ2v) is 7.87. The Morgan fingerprint density at radius 3 is 2.50 bits per heavy atom. The first-order chi connectivity index (χ1) is 9.42. The molecular weight excluding hydrogens is 381 g/mol. The van der Waals surface area contributed by atoms with Crippen LogP contribution in [0.1, 0.15) is 29.3 Å². The molecule has 3 nitrogen and oxygen atoms in total. The lowest BCUT2D eigenvalue weighted by Gasteiger charge is -2.12. The highest BCUT2D eigenvalue weighted by molar-refractivity contribution is 14.1. The van der Waals surface area contributed by atoms with E-state index in [1.165, 1.54) is 9.75 Å². The maximum atomic E-state index is 4.81. The Labute approximate surface area is 138 Å². The van der Waals surface area contributed by atoms with Crippen LogP contribution in [0.5, 0.6) is 0 Å². The predicted octanol–water partition coefficient (Wildman–Crippen LogP) is 4.67. The molecule has 2 heterocycles. The van der Waals surface area contributed by atoms with Crippen LogP contribution >= 0.6 is 33.9 Å². The molecule has 0 aliphatic rings. The van der Waals surface area contributed by atoms with E-state index in [2.05, 4.69) is 66.7 Å². The summed E-state index contributed by atoms with van der Waals surface area (Å²) in [6, 6.07) is 2.18. The summed E-state index contributed by atoms with van der Waals surface area (Å²) in [5.41, 5.74) is 2.30. The highest BCUT2D eigenvalue weighted by atomic mass is 127. The lowest BCUT2D eigenvalue weighted by atomic mass is 10.1. The minimum absolute atomic E-state index is 0.585. The van der Waals surface area contributed by atoms with Gasteiger partial charge >= 0.3 is 0 Å². The third-order valence-electron chi connectivity index (χ3n) is 3.04. The highest BCUT2D eigenvalue weighted by Gasteiger charge is 2.16. The van der Waals surface area contributed by atoms with Gasteiger partial charge in [0.1, 0.15) is 5.82 Å². The zero-order chi connectivity index (χ0) is 14.9. The summed E-state index contributed by atoms with van der Waals surface area (Å²) in [7, 11) is 1.92. The average Bonchev–Trinajstić information content (AvgIpc) is 2.70. The highest BCUT2D eigenvalue weighted by Crippen LogP contribution is 2.31. The summed E-state index contributed by atoms with van der Waals surface area (Å²) < 4.78 is 1.13. The Kier molecular flexibility index (Phi) is 5.01. The molecule has 2 aromatic rings. The van der Waals surface area contributed by atoms with Crippen LogP contribution in [-0.4, -0.2) is 17.0 Å². The van der Waals surface area contributed by atoms with Gasteiger partial charge in [0.2, 0.25) is 0 Å². The van der Waals surface area contributed by atoms with Gasteiger partial charge in [0.15, 0.2) is 5.82 Å². The summed E-state index contributed by atoms with van der Waals surface area (Å²) in [5, 5.41) is 3.19. The van der Waals surface area contributed by atoms with Crippen LogP contribution in [0.4, 0.5) is 5.82 Å². The van der Waals surface area contributed by atoms with E-state index in [-0.39, 0.29) is 0 Å². The Hall–Kier alpha value is -0.690. The van der Waals surface area contributed by atoms with Crippen molar-refractivity contribution in [2.45, 2.75) is 34.1 Å². The molecule has 0 saturated heterocycles. The van der Waals surface area contributed by atoms with E-state index < -0.39 is 0 Å². The van der Waals surface area contributed by atoms with Gasteiger partial charge in [0, 0.05) is 22.4 Å². The molecule has 0 atom stereocenters. The maximum Gasteiger partial charge on any atom is 0.162 e. The molecule has 0 aliphatic heterocycles. The Morgan fingerprint density at radius 2 is 2.00 bits per heavy atom. The fourth-order valence-electron chi connectivity index (χ4n) is 2.15. The van der Waals surface area contributed by atoms with E-state index in [9.17, 15) is 0 Å². The number of rotatable bonds is 4. The van der Waals surface area contributed by atoms with Gasteiger partial charge in [0.05, 0.1) is 9.26 Å². The van der Waals surface area contributed by atoms with Crippen LogP contribution < -0.4 is 5.32 Å². The van der Waals surface area contributed by atoms with Crippen molar-refractivity contribution in [3.63, 3.8) is 0 Å². The second kappa shape index (κ2) is 6.39. The van der Waals surface area contributed by atoms with Crippen LogP contribution in [0.25, 0.3) is 11.4 Å². The first-order valence-corrected chi connectivity index (χ1v) is 8.63. The number of hydrogen-bond donors (Lipinski definition) is 1. The minimum Gasteiger partial charge on any atom is -0.372 e. The van der Waals surface area contributed by atoms with E-state index in [0.29, 0.717) is 5.92 Å². The normalized spacial score (nSPS) is 11.2. The van der Waals surface area contributed by atoms with Gasteiger partial charge in [-0.1, -0.05) is 13.8 Å². The lowest BCUT2D eigenvalue weighted by molar-refractivity contribution is 0.632. The molecule has 0 unspecified atom stereocenters. The number of nitrogens with one attached hydrogen (secondary N) is 1. The molecule has 2 rings (SSSR count). The molecule has 1 N–H and O–H groups in total. The van der Waals surface area contributed by atoms with Crippen LogP contribution in [-0.2, 0) is 6.42 Å². The van der Waals surface area contributed by atoms with Crippen molar-refractivity contribution < 1.29 is 0 Å². The zero-order valence-corrected chi connectivity index (χ0v) is 15.5. The molecule has 5 heteroatoms. The van der Waals surface area contributed by atoms with Gasteiger partial charge in [0.25, 0.3) is 0 Å². The van der Waals surface area contributed by atoms with Crippen molar-refractivity contribution in [3.8, 4) is 11.4 Å². The topological polar surface area (TPSA) is 37.8 Å². The summed E-state index contributed by atoms with van der Waals surface area (Å²) >= 11 is 4.14. The molecule has 0 aromatic carbocycles. The number of anilines is 1. The fraction of sp³-hybridized carbons (Fsp3) is 0.467. The Balaban J connectivity index is 2.56. The molecule has 20 heavy (non-hydrogen) atoms. The second-order valence-electron chi connectivity index (χ2n) is 5.33. The fourth-order valence-corrected chi connectivity index (χ4v) is 3.81. The van der Waals surface area contributed by atoms with E-state index in [1.807, 2.05) is 7.05 Å². The van der Waals surface area contributed by atoms with Crippen molar-refractivity contribution in [2.75, 3.05) is 12.4 Å². The van der Waals surface area contributed by atoms with Crippen molar-refractivity contribution in [2.24, 2.45) is 5.92 Å². The molecule has 0 saturated carbocycles. The summed E-state index contributed by atoms with van der Waals surface area (Å²) in [4.78, 5) is 12.1. The third kappa shape index (κ3) is 3.31. The summed E-state index contributed by atoms with van der Waals surface area (Å²) in [6.07, 6.45) is 0.977. The maximum absolute atomic E-state index is 4.81. The smallest absolute Gasteiger partial charge is 0.162 e. The first kappa shape index (κ1) is 15.7. The molecule has 0 radical (unpaired) electrons. The van der Waals surface area contributed by atoms with Gasteiger partial charge in [-0.05, 0) is 54.8 Å². The number of thiophene rings is 1. The number of hydrogen-bond acceptors (Lipinski definition) is 4. The minimum atomic E-state index is 0.585. The predicted molar refractivity (Wildman–Crippen MR) is 95.6 cm³/mol. The van der Waals surface area contributed by atoms with Crippen molar-refractivity contribution >= 4 is 39.7 Å². The van der Waals surface area contributed by atoms with Gasteiger partial charge in [-0.3, -0.25) is 0 Å². The number of nitrogens with zero attached hydrogens (tertiary/aromatic N) is 2. The van der Waals surface area contributed by atoms with E-state index in [0.717, 1.165) is 32.9 Å². The molecular formula is C15H20IN3S. The molecule has 0 spiro atoms. The van der Waals surface area contributed by atoms with Crippen molar-refractivity contribution in [1.29, 1.82) is 0 Å². The largest absolute Gasteiger partial charge is 0.372 e. The summed E-state index contributed by atoms with van der Waals surface area (Å²) in [6.45, 7) is 8.70. The van der Waals surface area contributed by atoms with Gasteiger partial charge in [-0.15, -0.1) is 11.3 Å². The zero-order valence-electron chi connectivity index (χ0n) is 12.5. The molecule has 0 fully saturated rings. The lowest BCUT2D eigenvalue weighted by Crippen LogP contribution is -2.07. The quantitative estimate of drug-likeness (QED) is 0.757. The SMILES string of the molecule is CNc1nc(-c2cc(C)sc2C)nc(CC(C)C)c1I. The van der Waals surface area contributed by atoms with Gasteiger partial charge in [-0.2, -0.15) is 0 Å². The van der Waals surface area contributed by atoms with Crippen LogP contribution in [0, 0.1) is 23.3 Å². The molecule has 108 valence electrons. The van der Waals surface area contributed by atoms with E-state index in [4.69, 9.17) is 4.98 Å². The number of aryl methyl sites for hydroxylation is 2. The third-order valence-corrected chi connectivity index (χ3v) is 5.14. The van der Waals surface area contributed by atoms with Crippen LogP contribution in [0.3, 0.4) is 0 Å². The van der Waals surface area contributed by atoms with E-state index in [1.54, 1.807) is 11.3 Å². The first-order valence-electron chi connectivity index (χ1n) is 6.74.